The van der Waals surface area contributed by atoms with Crippen LogP contribution in [0.3, 0.4) is 0 Å². The molecule has 0 saturated heterocycles. The molecule has 8 rings (SSSR count). The number of carbonyl (C=O) groups is 10. The number of esters is 2. The smallest absolute Gasteiger partial charge is 0.332 e. The first-order valence-electron chi connectivity index (χ1n) is 25.0. The molecule has 24 nitrogen and oxygen atoms in total. The van der Waals surface area contributed by atoms with Crippen LogP contribution < -0.4 is 21.3 Å². The van der Waals surface area contributed by atoms with Crippen LogP contribution in [-0.2, 0) is 47.8 Å². The first-order valence-corrected chi connectivity index (χ1v) is 25.0. The highest BCUT2D eigenvalue weighted by Crippen LogP contribution is 2.40. The number of ether oxygens (including phenoxy) is 2. The molecule has 2 saturated carbocycles. The topological polar surface area (TPSA) is 302 Å². The van der Waals surface area contributed by atoms with Gasteiger partial charge in [-0.05, 0) is 89.5 Å². The molecule has 4 heterocycles. The van der Waals surface area contributed by atoms with E-state index in [2.05, 4.69) is 41.2 Å². The Morgan fingerprint density at radius 2 is 0.908 bits per heavy atom. The molecule has 0 radical (unpaired) electrons. The summed E-state index contributed by atoms with van der Waals surface area (Å²) in [4.78, 5) is 165. The lowest BCUT2D eigenvalue weighted by atomic mass is 9.75. The Hall–Kier alpha value is -8.44. The largest absolute Gasteiger partial charge is 0.461 e. The van der Waals surface area contributed by atoms with Crippen molar-refractivity contribution in [1.82, 2.24) is 60.8 Å². The van der Waals surface area contributed by atoms with Crippen molar-refractivity contribution < 1.29 is 57.4 Å². The number of nitrogens with one attached hydrogen (secondary N) is 4. The van der Waals surface area contributed by atoms with Gasteiger partial charge in [-0.25, -0.2) is 19.6 Å². The Balaban J connectivity index is 1.15. The zero-order valence-corrected chi connectivity index (χ0v) is 42.9. The second-order valence-corrected chi connectivity index (χ2v) is 19.6. The molecule has 4 aliphatic rings. The summed E-state index contributed by atoms with van der Waals surface area (Å²) in [6, 6.07) is 4.89. The van der Waals surface area contributed by atoms with Crippen molar-refractivity contribution in [3.63, 3.8) is 0 Å². The number of nitrogens with zero attached hydrogens (tertiary/aromatic N) is 8. The van der Waals surface area contributed by atoms with Gasteiger partial charge in [-0.1, -0.05) is 36.4 Å². The average Bonchev–Trinajstić information content (AvgIpc) is 3.40. The Bertz CT molecular complexity index is 2830. The molecule has 2 aromatic carbocycles. The third-order valence-electron chi connectivity index (χ3n) is 15.0. The normalized spacial score (nSPS) is 25.7. The van der Waals surface area contributed by atoms with Crippen molar-refractivity contribution >= 4 is 81.3 Å². The Kier molecular flexibility index (Phi) is 15.7. The second-order valence-electron chi connectivity index (χ2n) is 19.6. The molecule has 8 amide bonds. The minimum absolute atomic E-state index is 0.135. The predicted octanol–water partition coefficient (Wildman–Crippen LogP) is 0.346. The van der Waals surface area contributed by atoms with Crippen molar-refractivity contribution in [1.29, 1.82) is 0 Å². The lowest BCUT2D eigenvalue weighted by Gasteiger charge is -2.48. The van der Waals surface area contributed by atoms with Crippen LogP contribution in [0.2, 0.25) is 0 Å². The number of rotatable bonds is 4. The van der Waals surface area contributed by atoms with Gasteiger partial charge in [0.2, 0.25) is 35.4 Å². The number of carbonyl (C=O) groups excluding carboxylic acids is 10. The van der Waals surface area contributed by atoms with Gasteiger partial charge in [0.1, 0.15) is 71.9 Å². The maximum atomic E-state index is 14.9. The van der Waals surface area contributed by atoms with Gasteiger partial charge in [-0.3, -0.25) is 48.3 Å². The van der Waals surface area contributed by atoms with Crippen LogP contribution in [0.5, 0.6) is 0 Å². The predicted molar refractivity (Wildman–Crippen MR) is 269 cm³/mol. The standard InChI is InChI=1S/C52H60N12O12/c1-29-45(69)61(3)39-19-11-12-20-40(48(72)64(6)52(23-14-24-52)49(73)75-27-37(43(67)55-29)59-41(65)35-25-53-31-15-7-9-17-33(31)57-35)62(4)46(70)30(2)56-44(68)38(28-76-50(74)51(21-13-22-51)63(5)47(39)71)60-42(66)36-26-54-32-16-8-10-18-34(32)58-36/h7-12,15-18,25-26,29-30,37-40H,13-14,19-24,27-28H2,1-6H3,(H,55,67)(H,56,68)(H,59,65)(H,60,66)/b12-11-/t29?,30?,37?,38?,39-,40-/m0/s1. The zero-order valence-electron chi connectivity index (χ0n) is 42.9. The highest BCUT2D eigenvalue weighted by atomic mass is 16.5. The third-order valence-corrected chi connectivity index (χ3v) is 15.0. The van der Waals surface area contributed by atoms with Gasteiger partial charge < -0.3 is 50.3 Å². The highest BCUT2D eigenvalue weighted by molar-refractivity contribution is 6.01. The molecule has 24 heteroatoms. The van der Waals surface area contributed by atoms with E-state index in [9.17, 15) is 47.9 Å². The van der Waals surface area contributed by atoms with E-state index in [0.717, 1.165) is 9.80 Å². The van der Waals surface area contributed by atoms with Gasteiger partial charge in [-0.15, -0.1) is 0 Å². The van der Waals surface area contributed by atoms with E-state index in [1.165, 1.54) is 64.2 Å². The summed E-state index contributed by atoms with van der Waals surface area (Å²) in [5.41, 5.74) is -1.72. The number of hydrogen-bond donors (Lipinski definition) is 4. The molecule has 2 fully saturated rings. The highest BCUT2D eigenvalue weighted by Gasteiger charge is 2.54. The number of amides is 8. The number of benzene rings is 2. The van der Waals surface area contributed by atoms with Crippen molar-refractivity contribution in [2.45, 2.75) is 113 Å². The van der Waals surface area contributed by atoms with Crippen LogP contribution in [-0.4, -0.2) is 187 Å². The zero-order chi connectivity index (χ0) is 54.6. The summed E-state index contributed by atoms with van der Waals surface area (Å²) in [5.74, 6) is -8.39. The molecule has 4 unspecified atom stereocenters. The fraction of sp³-hybridized carbons (Fsp3) is 0.462. The minimum atomic E-state index is -1.63. The first kappa shape index (κ1) is 53.8. The molecule has 2 aliphatic heterocycles. The van der Waals surface area contributed by atoms with E-state index in [1.807, 2.05) is 0 Å². The van der Waals surface area contributed by atoms with Crippen LogP contribution in [0.4, 0.5) is 0 Å². The molecule has 2 bridgehead atoms. The molecular weight excluding hydrogens is 985 g/mol. The average molecular weight is 1050 g/mol. The maximum absolute atomic E-state index is 14.9. The van der Waals surface area contributed by atoms with E-state index < -0.39 is 120 Å². The van der Waals surface area contributed by atoms with Gasteiger partial charge in [0.15, 0.2) is 0 Å². The number of aromatic nitrogens is 4. The number of hydrogen-bond acceptors (Lipinski definition) is 16. The molecule has 4 N–H and O–H groups in total. The summed E-state index contributed by atoms with van der Waals surface area (Å²) in [6.45, 7) is 1.21. The summed E-state index contributed by atoms with van der Waals surface area (Å²) in [5, 5.41) is 10.3. The number of para-hydroxylation sites is 4. The second kappa shape index (κ2) is 22.2. The first-order chi connectivity index (χ1) is 36.3. The van der Waals surface area contributed by atoms with E-state index in [1.54, 1.807) is 60.7 Å². The summed E-state index contributed by atoms with van der Waals surface area (Å²) in [7, 11) is 5.46. The summed E-state index contributed by atoms with van der Waals surface area (Å²) in [6.07, 6.45) is 6.67. The van der Waals surface area contributed by atoms with E-state index in [4.69, 9.17) is 9.47 Å². The van der Waals surface area contributed by atoms with Crippen LogP contribution in [0, 0.1) is 0 Å². The summed E-state index contributed by atoms with van der Waals surface area (Å²) < 4.78 is 11.6. The van der Waals surface area contributed by atoms with E-state index >= 15 is 0 Å². The van der Waals surface area contributed by atoms with Crippen molar-refractivity contribution in [2.75, 3.05) is 41.4 Å². The lowest BCUT2D eigenvalue weighted by molar-refractivity contribution is -0.173. The van der Waals surface area contributed by atoms with Gasteiger partial charge in [-0.2, -0.15) is 0 Å². The van der Waals surface area contributed by atoms with Gasteiger partial charge in [0, 0.05) is 28.2 Å². The molecular formula is C52H60N12O12. The Labute approximate surface area is 436 Å². The van der Waals surface area contributed by atoms with Crippen LogP contribution in [0.1, 0.15) is 86.2 Å². The molecule has 4 aromatic rings. The number of likely N-dealkylation sites (N-methyl/N-ethyl adjacent to an activating group) is 4. The quantitative estimate of drug-likeness (QED) is 0.158. The Morgan fingerprint density at radius 3 is 1.25 bits per heavy atom. The fourth-order valence-corrected chi connectivity index (χ4v) is 9.76. The summed E-state index contributed by atoms with van der Waals surface area (Å²) >= 11 is 0. The van der Waals surface area contributed by atoms with E-state index in [0.29, 0.717) is 34.9 Å². The van der Waals surface area contributed by atoms with Crippen molar-refractivity contribution in [3.8, 4) is 0 Å². The van der Waals surface area contributed by atoms with Crippen molar-refractivity contribution in [3.05, 3.63) is 84.5 Å². The van der Waals surface area contributed by atoms with Gasteiger partial charge in [0.05, 0.1) is 34.5 Å². The Morgan fingerprint density at radius 1 is 0.553 bits per heavy atom. The fourth-order valence-electron chi connectivity index (χ4n) is 9.76. The molecule has 2 aliphatic carbocycles. The molecule has 76 heavy (non-hydrogen) atoms. The molecule has 2 spiro atoms. The number of fused-ring (bicyclic) bond motifs is 6. The molecule has 6 atom stereocenters. The SMILES string of the molecule is CC1NC(=O)C(NC(=O)c2cnc3ccccc3n2)COC(=O)C2(CCC2)N(C)C(=O)[C@@H]2C/C=C\C[C@@H](C(=O)N(C)C3(CCC3)C(=O)OCC(NC(=O)c3cnc4ccccc4n3)C(=O)NC(C)C(=O)N2C)N(C)C1=O. The maximum Gasteiger partial charge on any atom is 0.332 e. The van der Waals surface area contributed by atoms with Crippen LogP contribution >= 0.6 is 0 Å². The van der Waals surface area contributed by atoms with Crippen molar-refractivity contribution in [2.24, 2.45) is 0 Å². The minimum Gasteiger partial charge on any atom is -0.461 e. The van der Waals surface area contributed by atoms with Gasteiger partial charge in [0.25, 0.3) is 11.8 Å². The van der Waals surface area contributed by atoms with Crippen LogP contribution in [0.25, 0.3) is 22.1 Å². The van der Waals surface area contributed by atoms with Gasteiger partial charge >= 0.3 is 11.9 Å². The monoisotopic (exact) mass is 1040 g/mol. The number of cyclic esters (lactones) is 2. The van der Waals surface area contributed by atoms with Crippen LogP contribution in [0.15, 0.2) is 73.1 Å². The van der Waals surface area contributed by atoms with E-state index in [-0.39, 0.29) is 49.9 Å². The molecule has 2 aromatic heterocycles. The third kappa shape index (κ3) is 10.6. The molecule has 400 valence electrons. The lowest BCUT2D eigenvalue weighted by Crippen LogP contribution is -2.65.